The first-order valence-electron chi connectivity index (χ1n) is 8.90. The topological polar surface area (TPSA) is 52.0 Å². The number of nitrogens with one attached hydrogen (secondary N) is 1. The Kier molecular flexibility index (Phi) is 4.27. The third kappa shape index (κ3) is 3.30. The number of halogens is 1. The maximum absolute atomic E-state index is 13.1. The van der Waals surface area contributed by atoms with Crippen molar-refractivity contribution in [3.8, 4) is 6.07 Å². The predicted molar refractivity (Wildman–Crippen MR) is 96.2 cm³/mol. The van der Waals surface area contributed by atoms with Crippen molar-refractivity contribution in [1.82, 2.24) is 4.98 Å². The van der Waals surface area contributed by atoms with Crippen LogP contribution in [0.1, 0.15) is 29.7 Å². The van der Waals surface area contributed by atoms with E-state index >= 15 is 0 Å². The van der Waals surface area contributed by atoms with Crippen molar-refractivity contribution in [2.75, 3.05) is 29.9 Å². The lowest BCUT2D eigenvalue weighted by molar-refractivity contribution is 0.620. The van der Waals surface area contributed by atoms with Crippen LogP contribution < -0.4 is 10.2 Å². The highest BCUT2D eigenvalue weighted by molar-refractivity contribution is 5.55. The molecule has 2 aliphatic rings. The Morgan fingerprint density at radius 1 is 1.28 bits per heavy atom. The van der Waals surface area contributed by atoms with Crippen molar-refractivity contribution < 1.29 is 4.39 Å². The molecule has 1 N–H and O–H groups in total. The number of aryl methyl sites for hydroxylation is 2. The first kappa shape index (κ1) is 15.9. The maximum Gasteiger partial charge on any atom is 0.144 e. The van der Waals surface area contributed by atoms with E-state index in [2.05, 4.69) is 21.3 Å². The summed E-state index contributed by atoms with van der Waals surface area (Å²) in [6.45, 7) is 2.71. The van der Waals surface area contributed by atoms with Gasteiger partial charge in [-0.05, 0) is 67.5 Å². The van der Waals surface area contributed by atoms with Gasteiger partial charge in [0.05, 0.1) is 5.56 Å². The van der Waals surface area contributed by atoms with Gasteiger partial charge in [-0.2, -0.15) is 5.26 Å². The molecule has 4 rings (SSSR count). The fourth-order valence-corrected chi connectivity index (χ4v) is 3.82. The van der Waals surface area contributed by atoms with Gasteiger partial charge in [0, 0.05) is 31.0 Å². The standard InChI is InChI=1S/C20H21FN4/c21-17-4-6-18(7-5-17)25-9-8-14(13-25)12-23-20-16(11-22)10-15-2-1-3-19(15)24-20/h4-7,10,14H,1-3,8-9,12-13H2,(H,23,24). The van der Waals surface area contributed by atoms with Gasteiger partial charge >= 0.3 is 0 Å². The van der Waals surface area contributed by atoms with Gasteiger partial charge in [-0.15, -0.1) is 0 Å². The van der Waals surface area contributed by atoms with Crippen LogP contribution >= 0.6 is 0 Å². The van der Waals surface area contributed by atoms with E-state index in [0.717, 1.165) is 62.5 Å². The molecule has 0 saturated carbocycles. The van der Waals surface area contributed by atoms with Crippen LogP contribution in [0.3, 0.4) is 0 Å². The summed E-state index contributed by atoms with van der Waals surface area (Å²) in [5.74, 6) is 1.02. The Morgan fingerprint density at radius 3 is 2.92 bits per heavy atom. The molecule has 1 atom stereocenters. The lowest BCUT2D eigenvalue weighted by Gasteiger charge is -2.19. The number of hydrogen-bond donors (Lipinski definition) is 1. The smallest absolute Gasteiger partial charge is 0.144 e. The number of aromatic nitrogens is 1. The molecule has 4 nitrogen and oxygen atoms in total. The molecule has 1 unspecified atom stereocenters. The number of hydrogen-bond acceptors (Lipinski definition) is 4. The Labute approximate surface area is 147 Å². The lowest BCUT2D eigenvalue weighted by Crippen LogP contribution is -2.23. The minimum atomic E-state index is -0.201. The SMILES string of the molecule is N#Cc1cc2c(nc1NCC1CCN(c3ccc(F)cc3)C1)CCC2. The molecule has 1 saturated heterocycles. The predicted octanol–water partition coefficient (Wildman–Crippen LogP) is 3.52. The Morgan fingerprint density at radius 2 is 2.12 bits per heavy atom. The van der Waals surface area contributed by atoms with Crippen LogP contribution in [-0.2, 0) is 12.8 Å². The maximum atomic E-state index is 13.1. The zero-order valence-electron chi connectivity index (χ0n) is 14.1. The van der Waals surface area contributed by atoms with E-state index in [9.17, 15) is 9.65 Å². The molecule has 5 heteroatoms. The molecular weight excluding hydrogens is 315 g/mol. The molecule has 2 aromatic rings. The average Bonchev–Trinajstić information content (AvgIpc) is 3.28. The quantitative estimate of drug-likeness (QED) is 0.928. The van der Waals surface area contributed by atoms with Crippen molar-refractivity contribution in [3.63, 3.8) is 0 Å². The summed E-state index contributed by atoms with van der Waals surface area (Å²) in [7, 11) is 0. The van der Waals surface area contributed by atoms with Crippen molar-refractivity contribution in [1.29, 1.82) is 5.26 Å². The molecule has 0 bridgehead atoms. The monoisotopic (exact) mass is 336 g/mol. The molecule has 1 aromatic carbocycles. The van der Waals surface area contributed by atoms with Gasteiger partial charge in [0.15, 0.2) is 0 Å². The van der Waals surface area contributed by atoms with Crippen LogP contribution in [0, 0.1) is 23.1 Å². The number of fused-ring (bicyclic) bond motifs is 1. The number of rotatable bonds is 4. The first-order valence-corrected chi connectivity index (χ1v) is 8.90. The van der Waals surface area contributed by atoms with Crippen molar-refractivity contribution in [2.45, 2.75) is 25.7 Å². The fourth-order valence-electron chi connectivity index (χ4n) is 3.82. The van der Waals surface area contributed by atoms with Gasteiger partial charge in [0.1, 0.15) is 17.7 Å². The minimum absolute atomic E-state index is 0.201. The van der Waals surface area contributed by atoms with Crippen LogP contribution in [-0.4, -0.2) is 24.6 Å². The third-order valence-electron chi connectivity index (χ3n) is 5.21. The summed E-state index contributed by atoms with van der Waals surface area (Å²) in [5, 5.41) is 12.8. The highest BCUT2D eigenvalue weighted by Crippen LogP contribution is 2.27. The summed E-state index contributed by atoms with van der Waals surface area (Å²) in [6, 6.07) is 11.0. The van der Waals surface area contributed by atoms with Gasteiger partial charge < -0.3 is 10.2 Å². The number of anilines is 2. The number of benzene rings is 1. The normalized spacial score (nSPS) is 18.9. The van der Waals surface area contributed by atoms with Crippen molar-refractivity contribution >= 4 is 11.5 Å². The second-order valence-corrected chi connectivity index (χ2v) is 6.91. The molecule has 25 heavy (non-hydrogen) atoms. The van der Waals surface area contributed by atoms with Gasteiger partial charge in [-0.3, -0.25) is 0 Å². The minimum Gasteiger partial charge on any atom is -0.371 e. The van der Waals surface area contributed by atoms with E-state index in [1.807, 2.05) is 18.2 Å². The summed E-state index contributed by atoms with van der Waals surface area (Å²) >= 11 is 0. The van der Waals surface area contributed by atoms with E-state index in [-0.39, 0.29) is 5.82 Å². The van der Waals surface area contributed by atoms with Crippen LogP contribution in [0.25, 0.3) is 0 Å². The molecule has 128 valence electrons. The van der Waals surface area contributed by atoms with E-state index in [1.165, 1.54) is 17.7 Å². The first-order chi connectivity index (χ1) is 12.2. The largest absolute Gasteiger partial charge is 0.371 e. The van der Waals surface area contributed by atoms with Crippen LogP contribution in [0.5, 0.6) is 0 Å². The molecule has 1 fully saturated rings. The van der Waals surface area contributed by atoms with Crippen LogP contribution in [0.15, 0.2) is 30.3 Å². The van der Waals surface area contributed by atoms with Crippen molar-refractivity contribution in [2.24, 2.45) is 5.92 Å². The Bertz CT molecular complexity index is 810. The molecule has 1 aliphatic carbocycles. The number of nitrogens with zero attached hydrogens (tertiary/aromatic N) is 3. The lowest BCUT2D eigenvalue weighted by atomic mass is 10.1. The molecule has 0 spiro atoms. The zero-order chi connectivity index (χ0) is 17.2. The fraction of sp³-hybridized carbons (Fsp3) is 0.400. The third-order valence-corrected chi connectivity index (χ3v) is 5.21. The summed E-state index contributed by atoms with van der Waals surface area (Å²) in [5.41, 5.74) is 4.08. The molecule has 1 aromatic heterocycles. The van der Waals surface area contributed by atoms with Gasteiger partial charge in [0.2, 0.25) is 0 Å². The summed E-state index contributed by atoms with van der Waals surface area (Å²) in [6.07, 6.45) is 4.26. The van der Waals surface area contributed by atoms with E-state index in [1.54, 1.807) is 0 Å². The molecule has 0 radical (unpaired) electrons. The second-order valence-electron chi connectivity index (χ2n) is 6.91. The number of nitriles is 1. The highest BCUT2D eigenvalue weighted by atomic mass is 19.1. The van der Waals surface area contributed by atoms with Crippen LogP contribution in [0.2, 0.25) is 0 Å². The zero-order valence-corrected chi connectivity index (χ0v) is 14.1. The van der Waals surface area contributed by atoms with Crippen LogP contribution in [0.4, 0.5) is 15.9 Å². The molecule has 0 amide bonds. The second kappa shape index (κ2) is 6.72. The highest BCUT2D eigenvalue weighted by Gasteiger charge is 2.23. The van der Waals surface area contributed by atoms with E-state index in [0.29, 0.717) is 11.5 Å². The Hall–Kier alpha value is -2.61. The number of pyridine rings is 1. The van der Waals surface area contributed by atoms with Gasteiger partial charge in [0.25, 0.3) is 0 Å². The summed E-state index contributed by atoms with van der Waals surface area (Å²) < 4.78 is 13.1. The summed E-state index contributed by atoms with van der Waals surface area (Å²) in [4.78, 5) is 6.97. The molecule has 2 heterocycles. The van der Waals surface area contributed by atoms with Gasteiger partial charge in [-0.25, -0.2) is 9.37 Å². The van der Waals surface area contributed by atoms with Crippen molar-refractivity contribution in [3.05, 3.63) is 53.0 Å². The molecule has 1 aliphatic heterocycles. The van der Waals surface area contributed by atoms with E-state index in [4.69, 9.17) is 0 Å². The average molecular weight is 336 g/mol. The molecular formula is C20H21FN4. The van der Waals surface area contributed by atoms with E-state index < -0.39 is 0 Å². The van der Waals surface area contributed by atoms with Gasteiger partial charge in [-0.1, -0.05) is 0 Å². The Balaban J connectivity index is 1.39.